The van der Waals surface area contributed by atoms with Gasteiger partial charge in [-0.15, -0.1) is 0 Å². The predicted octanol–water partition coefficient (Wildman–Crippen LogP) is 4.14. The Hall–Kier alpha value is -1.78. The third-order valence-electron chi connectivity index (χ3n) is 2.53. The van der Waals surface area contributed by atoms with Gasteiger partial charge in [-0.05, 0) is 31.2 Å². The zero-order chi connectivity index (χ0) is 14.0. The molecular formula is C13H10Cl2N2O2. The summed E-state index contributed by atoms with van der Waals surface area (Å²) in [7, 11) is 0. The molecule has 0 aliphatic carbocycles. The van der Waals surface area contributed by atoms with Crippen molar-refractivity contribution in [1.82, 2.24) is 4.98 Å². The van der Waals surface area contributed by atoms with Crippen LogP contribution in [0.4, 0.5) is 11.5 Å². The molecule has 0 saturated carbocycles. The van der Waals surface area contributed by atoms with E-state index in [1.807, 2.05) is 0 Å². The number of halogens is 2. The average Bonchev–Trinajstić information content (AvgIpc) is 2.34. The highest BCUT2D eigenvalue weighted by atomic mass is 35.5. The summed E-state index contributed by atoms with van der Waals surface area (Å²) < 4.78 is 0. The molecule has 0 spiro atoms. The smallest absolute Gasteiger partial charge is 0.337 e. The zero-order valence-electron chi connectivity index (χ0n) is 9.95. The van der Waals surface area contributed by atoms with Gasteiger partial charge in [0.25, 0.3) is 0 Å². The van der Waals surface area contributed by atoms with Crippen molar-refractivity contribution < 1.29 is 9.90 Å². The molecule has 1 aromatic carbocycles. The average molecular weight is 297 g/mol. The maximum Gasteiger partial charge on any atom is 0.337 e. The third kappa shape index (κ3) is 2.97. The van der Waals surface area contributed by atoms with Gasteiger partial charge in [-0.1, -0.05) is 29.3 Å². The Morgan fingerprint density at radius 2 is 2.00 bits per heavy atom. The lowest BCUT2D eigenvalue weighted by atomic mass is 10.2. The van der Waals surface area contributed by atoms with Crippen LogP contribution in [0.3, 0.4) is 0 Å². The van der Waals surface area contributed by atoms with E-state index in [2.05, 4.69) is 10.3 Å². The Balaban J connectivity index is 2.32. The minimum Gasteiger partial charge on any atom is -0.478 e. The van der Waals surface area contributed by atoms with Gasteiger partial charge in [-0.25, -0.2) is 9.78 Å². The van der Waals surface area contributed by atoms with Gasteiger partial charge in [-0.3, -0.25) is 0 Å². The van der Waals surface area contributed by atoms with Crippen molar-refractivity contribution in [3.63, 3.8) is 0 Å². The van der Waals surface area contributed by atoms with E-state index >= 15 is 0 Å². The van der Waals surface area contributed by atoms with Crippen LogP contribution < -0.4 is 5.32 Å². The van der Waals surface area contributed by atoms with Crippen LogP contribution in [0.1, 0.15) is 16.1 Å². The van der Waals surface area contributed by atoms with Crippen LogP contribution in [0.2, 0.25) is 10.0 Å². The van der Waals surface area contributed by atoms with Crippen LogP contribution >= 0.6 is 23.2 Å². The van der Waals surface area contributed by atoms with Crippen molar-refractivity contribution in [2.24, 2.45) is 0 Å². The maximum absolute atomic E-state index is 10.9. The Bertz CT molecular complexity index is 645. The number of benzene rings is 1. The van der Waals surface area contributed by atoms with Gasteiger partial charge in [0, 0.05) is 0 Å². The normalized spacial score (nSPS) is 10.3. The van der Waals surface area contributed by atoms with Crippen LogP contribution in [-0.2, 0) is 0 Å². The first-order valence-electron chi connectivity index (χ1n) is 5.41. The molecule has 1 heterocycles. The van der Waals surface area contributed by atoms with Gasteiger partial charge >= 0.3 is 5.97 Å². The molecule has 0 aliphatic heterocycles. The molecule has 6 heteroatoms. The molecular weight excluding hydrogens is 287 g/mol. The molecule has 19 heavy (non-hydrogen) atoms. The summed E-state index contributed by atoms with van der Waals surface area (Å²) >= 11 is 12.0. The van der Waals surface area contributed by atoms with Crippen LogP contribution in [0.25, 0.3) is 0 Å². The van der Waals surface area contributed by atoms with Gasteiger partial charge < -0.3 is 10.4 Å². The number of nitrogens with one attached hydrogen (secondary N) is 1. The molecule has 0 fully saturated rings. The number of carboxylic acid groups (broad SMARTS) is 1. The van der Waals surface area contributed by atoms with Crippen molar-refractivity contribution in [2.45, 2.75) is 6.92 Å². The lowest BCUT2D eigenvalue weighted by Gasteiger charge is -2.10. The summed E-state index contributed by atoms with van der Waals surface area (Å²) in [6, 6.07) is 8.27. The third-order valence-corrected chi connectivity index (χ3v) is 3.35. The maximum atomic E-state index is 10.9. The van der Waals surface area contributed by atoms with Gasteiger partial charge in [0.1, 0.15) is 5.82 Å². The second-order valence-electron chi connectivity index (χ2n) is 3.86. The fraction of sp³-hybridized carbons (Fsp3) is 0.0769. The minimum absolute atomic E-state index is 0.169. The number of anilines is 2. The number of aromatic carboxylic acids is 1. The number of aryl methyl sites for hydroxylation is 1. The van der Waals surface area contributed by atoms with Gasteiger partial charge in [0.15, 0.2) is 0 Å². The minimum atomic E-state index is -1.00. The fourth-order valence-electron chi connectivity index (χ4n) is 1.60. The van der Waals surface area contributed by atoms with Gasteiger partial charge in [-0.2, -0.15) is 0 Å². The van der Waals surface area contributed by atoms with E-state index in [0.717, 1.165) is 0 Å². The van der Waals surface area contributed by atoms with E-state index in [1.54, 1.807) is 31.2 Å². The summed E-state index contributed by atoms with van der Waals surface area (Å²) in [6.45, 7) is 1.63. The van der Waals surface area contributed by atoms with Crippen LogP contribution in [0, 0.1) is 6.92 Å². The molecule has 4 nitrogen and oxygen atoms in total. The quantitative estimate of drug-likeness (QED) is 0.893. The molecule has 0 bridgehead atoms. The summed E-state index contributed by atoms with van der Waals surface area (Å²) in [5.41, 5.74) is 1.21. The van der Waals surface area contributed by atoms with E-state index in [0.29, 0.717) is 27.2 Å². The SMILES string of the molecule is Cc1nc(Nc2cccc(Cl)c2Cl)ccc1C(=O)O. The number of pyridine rings is 1. The molecule has 2 N–H and O–H groups in total. The van der Waals surface area contributed by atoms with E-state index in [-0.39, 0.29) is 5.56 Å². The molecule has 2 aromatic rings. The molecule has 2 rings (SSSR count). The standard InChI is InChI=1S/C13H10Cl2N2O2/c1-7-8(13(18)19)5-6-11(16-7)17-10-4-2-3-9(14)12(10)15/h2-6H,1H3,(H,16,17)(H,18,19). The van der Waals surface area contributed by atoms with E-state index in [9.17, 15) is 4.79 Å². The number of nitrogens with zero attached hydrogens (tertiary/aromatic N) is 1. The summed E-state index contributed by atoms with van der Waals surface area (Å²) in [5, 5.41) is 12.8. The van der Waals surface area contributed by atoms with Crippen molar-refractivity contribution in [1.29, 1.82) is 0 Å². The Labute approximate surface area is 120 Å². The molecule has 0 atom stereocenters. The second kappa shape index (κ2) is 5.47. The van der Waals surface area contributed by atoms with Gasteiger partial charge in [0.05, 0.1) is 27.0 Å². The van der Waals surface area contributed by atoms with Crippen molar-refractivity contribution in [2.75, 3.05) is 5.32 Å². The first-order valence-corrected chi connectivity index (χ1v) is 6.16. The first kappa shape index (κ1) is 13.6. The topological polar surface area (TPSA) is 62.2 Å². The number of carboxylic acids is 1. The number of hydrogen-bond donors (Lipinski definition) is 2. The Kier molecular flexibility index (Phi) is 3.93. The molecule has 0 aliphatic rings. The van der Waals surface area contributed by atoms with Crippen LogP contribution in [0.5, 0.6) is 0 Å². The highest BCUT2D eigenvalue weighted by Gasteiger charge is 2.10. The van der Waals surface area contributed by atoms with E-state index in [4.69, 9.17) is 28.3 Å². The van der Waals surface area contributed by atoms with Crippen molar-refractivity contribution >= 4 is 40.7 Å². The molecule has 1 aromatic heterocycles. The van der Waals surface area contributed by atoms with Crippen LogP contribution in [-0.4, -0.2) is 16.1 Å². The van der Waals surface area contributed by atoms with Crippen molar-refractivity contribution in [3.05, 3.63) is 51.6 Å². The number of hydrogen-bond acceptors (Lipinski definition) is 3. The highest BCUT2D eigenvalue weighted by molar-refractivity contribution is 6.43. The molecule has 0 radical (unpaired) electrons. The number of rotatable bonds is 3. The van der Waals surface area contributed by atoms with Crippen molar-refractivity contribution in [3.8, 4) is 0 Å². The summed E-state index contributed by atoms with van der Waals surface area (Å²) in [6.07, 6.45) is 0. The summed E-state index contributed by atoms with van der Waals surface area (Å²) in [4.78, 5) is 15.1. The zero-order valence-corrected chi connectivity index (χ0v) is 11.5. The van der Waals surface area contributed by atoms with Gasteiger partial charge in [0.2, 0.25) is 0 Å². The highest BCUT2D eigenvalue weighted by Crippen LogP contribution is 2.31. The molecule has 0 unspecified atom stereocenters. The lowest BCUT2D eigenvalue weighted by molar-refractivity contribution is 0.0695. The number of aromatic nitrogens is 1. The van der Waals surface area contributed by atoms with E-state index < -0.39 is 5.97 Å². The molecule has 0 saturated heterocycles. The fourth-order valence-corrected chi connectivity index (χ4v) is 1.94. The number of carbonyl (C=O) groups is 1. The largest absolute Gasteiger partial charge is 0.478 e. The Morgan fingerprint density at radius 3 is 2.63 bits per heavy atom. The van der Waals surface area contributed by atoms with Crippen LogP contribution in [0.15, 0.2) is 30.3 Å². The molecule has 98 valence electrons. The van der Waals surface area contributed by atoms with E-state index in [1.165, 1.54) is 6.07 Å². The monoisotopic (exact) mass is 296 g/mol. The first-order chi connectivity index (χ1) is 8.99. The molecule has 0 amide bonds. The summed E-state index contributed by atoms with van der Waals surface area (Å²) in [5.74, 6) is -0.496. The second-order valence-corrected chi connectivity index (χ2v) is 4.65. The lowest BCUT2D eigenvalue weighted by Crippen LogP contribution is -2.03. The Morgan fingerprint density at radius 1 is 1.26 bits per heavy atom. The predicted molar refractivity (Wildman–Crippen MR) is 75.7 cm³/mol.